The molecule has 10 nitrogen and oxygen atoms in total. The Balaban J connectivity index is 1.36. The molecule has 40 heavy (non-hydrogen) atoms. The molecule has 1 amide bonds. The largest absolute Gasteiger partial charge is 0.493 e. The number of pyridine rings is 2. The van der Waals surface area contributed by atoms with Crippen molar-refractivity contribution < 1.29 is 27.5 Å². The number of nitrogens with zero attached hydrogens (tertiary/aromatic N) is 2. The van der Waals surface area contributed by atoms with Crippen molar-refractivity contribution in [3.8, 4) is 16.9 Å². The van der Waals surface area contributed by atoms with Crippen LogP contribution in [0.1, 0.15) is 38.2 Å². The maximum atomic E-state index is 12.9. The molecule has 11 heteroatoms. The van der Waals surface area contributed by atoms with E-state index in [1.54, 1.807) is 24.7 Å². The van der Waals surface area contributed by atoms with Crippen molar-refractivity contribution in [1.82, 2.24) is 15.0 Å². The lowest BCUT2D eigenvalue weighted by Crippen LogP contribution is -2.51. The molecule has 4 rings (SSSR count). The Morgan fingerprint density at radius 3 is 2.52 bits per heavy atom. The molecule has 2 aromatic heterocycles. The summed E-state index contributed by atoms with van der Waals surface area (Å²) in [6.07, 6.45) is 8.58. The second kappa shape index (κ2) is 13.2. The lowest BCUT2D eigenvalue weighted by molar-refractivity contribution is -0.201. The number of aryl methyl sites for hydroxylation is 1. The van der Waals surface area contributed by atoms with E-state index in [9.17, 15) is 18.0 Å². The van der Waals surface area contributed by atoms with Gasteiger partial charge in [0.05, 0.1) is 6.61 Å². The summed E-state index contributed by atoms with van der Waals surface area (Å²) in [5, 5.41) is 0. The molecule has 0 radical (unpaired) electrons. The first kappa shape index (κ1) is 29.4. The molecule has 1 aromatic carbocycles. The van der Waals surface area contributed by atoms with Gasteiger partial charge in [0, 0.05) is 56.9 Å². The van der Waals surface area contributed by atoms with Crippen molar-refractivity contribution in [2.24, 2.45) is 0 Å². The highest BCUT2D eigenvalue weighted by Gasteiger charge is 2.44. The van der Waals surface area contributed by atoms with Crippen molar-refractivity contribution in [2.75, 3.05) is 19.5 Å². The fourth-order valence-corrected chi connectivity index (χ4v) is 5.12. The predicted octanol–water partition coefficient (Wildman–Crippen LogP) is 3.30. The van der Waals surface area contributed by atoms with Crippen molar-refractivity contribution in [3.63, 3.8) is 0 Å². The van der Waals surface area contributed by atoms with Crippen molar-refractivity contribution in [3.05, 3.63) is 83.0 Å². The quantitative estimate of drug-likeness (QED) is 0.330. The van der Waals surface area contributed by atoms with Crippen LogP contribution in [0.2, 0.25) is 0 Å². The van der Waals surface area contributed by atoms with Crippen LogP contribution in [0.15, 0.2) is 71.9 Å². The van der Waals surface area contributed by atoms with E-state index < -0.39 is 26.8 Å². The maximum Gasteiger partial charge on any atom is 0.264 e. The first-order chi connectivity index (χ1) is 19.2. The SMILES string of the molecule is CC(CCn1ccc(-c2ccc(OCCc3ccncc3)cc2)cc1=O)(C(=O)NOC1CCCCO1)S(C)(=O)=O. The number of carbonyl (C=O) groups is 1. The second-order valence-corrected chi connectivity index (χ2v) is 12.5. The summed E-state index contributed by atoms with van der Waals surface area (Å²) in [4.78, 5) is 35.1. The Morgan fingerprint density at radius 2 is 1.88 bits per heavy atom. The topological polar surface area (TPSA) is 126 Å². The highest BCUT2D eigenvalue weighted by molar-refractivity contribution is 7.92. The molecule has 0 saturated carbocycles. The van der Waals surface area contributed by atoms with E-state index in [0.717, 1.165) is 42.4 Å². The monoisotopic (exact) mass is 569 g/mol. The van der Waals surface area contributed by atoms with Gasteiger partial charge in [0.1, 0.15) is 5.75 Å². The molecule has 1 fully saturated rings. The summed E-state index contributed by atoms with van der Waals surface area (Å²) in [5.41, 5.74) is 4.66. The van der Waals surface area contributed by atoms with Crippen LogP contribution in [-0.4, -0.2) is 54.4 Å². The number of amides is 1. The average molecular weight is 570 g/mol. The zero-order chi connectivity index (χ0) is 28.6. The van der Waals surface area contributed by atoms with Gasteiger partial charge < -0.3 is 14.0 Å². The van der Waals surface area contributed by atoms with Crippen LogP contribution >= 0.6 is 0 Å². The molecule has 1 aliphatic rings. The lowest BCUT2D eigenvalue weighted by Gasteiger charge is -2.28. The van der Waals surface area contributed by atoms with Gasteiger partial charge in [-0.2, -0.15) is 0 Å². The van der Waals surface area contributed by atoms with Gasteiger partial charge in [0.15, 0.2) is 20.9 Å². The van der Waals surface area contributed by atoms with Crippen LogP contribution in [0.25, 0.3) is 11.1 Å². The number of benzene rings is 1. The Hall–Kier alpha value is -3.54. The van der Waals surface area contributed by atoms with Gasteiger partial charge in [-0.3, -0.25) is 14.6 Å². The number of ether oxygens (including phenoxy) is 2. The molecular weight excluding hydrogens is 534 g/mol. The Labute approximate surface area is 234 Å². The molecule has 0 aliphatic carbocycles. The number of sulfone groups is 1. The third kappa shape index (κ3) is 7.56. The summed E-state index contributed by atoms with van der Waals surface area (Å²) in [6.45, 7) is 2.42. The smallest absolute Gasteiger partial charge is 0.264 e. The van der Waals surface area contributed by atoms with E-state index in [-0.39, 0.29) is 18.5 Å². The lowest BCUT2D eigenvalue weighted by atomic mass is 10.1. The molecule has 3 aromatic rings. The molecular formula is C29H35N3O7S. The van der Waals surface area contributed by atoms with Crippen LogP contribution in [0.3, 0.4) is 0 Å². The average Bonchev–Trinajstić information content (AvgIpc) is 2.96. The number of aromatic nitrogens is 2. The molecule has 1 aliphatic heterocycles. The van der Waals surface area contributed by atoms with Gasteiger partial charge in [0.2, 0.25) is 0 Å². The van der Waals surface area contributed by atoms with E-state index >= 15 is 0 Å². The molecule has 214 valence electrons. The Bertz CT molecular complexity index is 1440. The van der Waals surface area contributed by atoms with Gasteiger partial charge in [-0.05, 0) is 73.2 Å². The number of rotatable bonds is 12. The summed E-state index contributed by atoms with van der Waals surface area (Å²) in [7, 11) is -3.84. The van der Waals surface area contributed by atoms with E-state index in [4.69, 9.17) is 14.3 Å². The summed E-state index contributed by atoms with van der Waals surface area (Å²) in [5.74, 6) is -0.0690. The predicted molar refractivity (Wildman–Crippen MR) is 150 cm³/mol. The molecule has 2 unspecified atom stereocenters. The molecule has 0 spiro atoms. The van der Waals surface area contributed by atoms with Crippen molar-refractivity contribution in [1.29, 1.82) is 0 Å². The summed E-state index contributed by atoms with van der Waals surface area (Å²) >= 11 is 0. The van der Waals surface area contributed by atoms with Crippen LogP contribution in [-0.2, 0) is 37.2 Å². The minimum absolute atomic E-state index is 0.0281. The number of hydrogen-bond donors (Lipinski definition) is 1. The third-order valence-corrected chi connectivity index (χ3v) is 9.17. The zero-order valence-corrected chi connectivity index (χ0v) is 23.6. The second-order valence-electron chi connectivity index (χ2n) is 10.0. The van der Waals surface area contributed by atoms with Gasteiger partial charge in [-0.15, -0.1) is 0 Å². The molecule has 2 atom stereocenters. The van der Waals surface area contributed by atoms with E-state index in [2.05, 4.69) is 10.5 Å². The van der Waals surface area contributed by atoms with Crippen molar-refractivity contribution in [2.45, 2.75) is 56.6 Å². The van der Waals surface area contributed by atoms with Crippen molar-refractivity contribution >= 4 is 15.7 Å². The summed E-state index contributed by atoms with van der Waals surface area (Å²) < 4.78 is 36.1. The molecule has 1 saturated heterocycles. The normalized spacial score (nSPS) is 17.1. The standard InChI is InChI=1S/C29H35N3O7S/c1-29(40(2,35)36,28(34)31-39-27-5-3-4-19-38-27)14-18-32-17-12-24(21-26(32)33)23-6-8-25(9-7-23)37-20-13-22-10-15-30-16-11-22/h6-12,15-17,21,27H,3-5,13-14,18-20H2,1-2H3,(H,31,34). The van der Waals surface area contributed by atoms with Crippen LogP contribution in [0, 0.1) is 0 Å². The van der Waals surface area contributed by atoms with Crippen LogP contribution in [0.4, 0.5) is 0 Å². The van der Waals surface area contributed by atoms with E-state index in [1.165, 1.54) is 17.6 Å². The van der Waals surface area contributed by atoms with Gasteiger partial charge in [-0.25, -0.2) is 18.7 Å². The van der Waals surface area contributed by atoms with E-state index in [1.807, 2.05) is 36.4 Å². The minimum Gasteiger partial charge on any atom is -0.493 e. The van der Waals surface area contributed by atoms with Gasteiger partial charge >= 0.3 is 0 Å². The Kier molecular flexibility index (Phi) is 9.72. The first-order valence-corrected chi connectivity index (χ1v) is 15.1. The number of carbonyl (C=O) groups excluding carboxylic acids is 1. The summed E-state index contributed by atoms with van der Waals surface area (Å²) in [6, 6.07) is 14.6. The fourth-order valence-electron chi connectivity index (χ4n) is 4.28. The highest BCUT2D eigenvalue weighted by Crippen LogP contribution is 2.24. The minimum atomic E-state index is -3.84. The molecule has 1 N–H and O–H groups in total. The fraction of sp³-hybridized carbons (Fsp3) is 0.414. The third-order valence-electron chi connectivity index (χ3n) is 7.14. The zero-order valence-electron chi connectivity index (χ0n) is 22.7. The highest BCUT2D eigenvalue weighted by atomic mass is 32.2. The van der Waals surface area contributed by atoms with Gasteiger partial charge in [0.25, 0.3) is 11.5 Å². The van der Waals surface area contributed by atoms with Gasteiger partial charge in [-0.1, -0.05) is 12.1 Å². The number of hydrogen-bond acceptors (Lipinski definition) is 8. The van der Waals surface area contributed by atoms with Crippen LogP contribution < -0.4 is 15.8 Å². The first-order valence-electron chi connectivity index (χ1n) is 13.3. The number of nitrogens with one attached hydrogen (secondary N) is 1. The van der Waals surface area contributed by atoms with Crippen LogP contribution in [0.5, 0.6) is 5.75 Å². The number of hydroxylamine groups is 1. The molecule has 3 heterocycles. The van der Waals surface area contributed by atoms with E-state index in [0.29, 0.717) is 25.2 Å². The Morgan fingerprint density at radius 1 is 1.12 bits per heavy atom. The molecule has 0 bridgehead atoms. The maximum absolute atomic E-state index is 12.9.